The first-order chi connectivity index (χ1) is 16.6. The Morgan fingerprint density at radius 2 is 1.44 bits per heavy atom. The van der Waals surface area contributed by atoms with E-state index in [4.69, 9.17) is 4.74 Å². The molecule has 34 heavy (non-hydrogen) atoms. The molecular formula is C29H25NO4. The third-order valence-electron chi connectivity index (χ3n) is 6.53. The highest BCUT2D eigenvalue weighted by Gasteiger charge is 2.29. The van der Waals surface area contributed by atoms with E-state index < -0.39 is 18.0 Å². The fraction of sp³-hybridized carbons (Fsp3) is 0.172. The van der Waals surface area contributed by atoms with E-state index >= 15 is 0 Å². The summed E-state index contributed by atoms with van der Waals surface area (Å²) in [5.74, 6) is -1.75. The molecule has 0 saturated carbocycles. The second-order valence-electron chi connectivity index (χ2n) is 8.58. The molecule has 0 bridgehead atoms. The van der Waals surface area contributed by atoms with E-state index in [0.29, 0.717) is 6.42 Å². The van der Waals surface area contributed by atoms with Crippen LogP contribution in [0.4, 0.5) is 4.79 Å². The van der Waals surface area contributed by atoms with Crippen LogP contribution in [0.15, 0.2) is 91.0 Å². The molecule has 1 aliphatic rings. The van der Waals surface area contributed by atoms with E-state index in [1.54, 1.807) is 0 Å². The van der Waals surface area contributed by atoms with Gasteiger partial charge in [0.1, 0.15) is 6.61 Å². The monoisotopic (exact) mass is 451 g/mol. The molecule has 4 aromatic rings. The zero-order valence-corrected chi connectivity index (χ0v) is 18.6. The molecule has 0 saturated heterocycles. The highest BCUT2D eigenvalue weighted by atomic mass is 16.5. The van der Waals surface area contributed by atoms with Crippen LogP contribution in [0, 0.1) is 5.92 Å². The summed E-state index contributed by atoms with van der Waals surface area (Å²) in [7, 11) is 0. The van der Waals surface area contributed by atoms with E-state index in [1.165, 1.54) is 0 Å². The molecule has 5 rings (SSSR count). The van der Waals surface area contributed by atoms with Gasteiger partial charge in [0.2, 0.25) is 0 Å². The quantitative estimate of drug-likeness (QED) is 0.382. The van der Waals surface area contributed by atoms with Crippen LogP contribution < -0.4 is 5.32 Å². The van der Waals surface area contributed by atoms with Crippen molar-refractivity contribution in [2.24, 2.45) is 5.92 Å². The SMILES string of the molecule is O=C(NC[C@H](Cc1cccc2ccccc12)C(=O)O)OCC1c2ccccc2-c2ccccc21. The molecule has 0 heterocycles. The van der Waals surface area contributed by atoms with Crippen molar-refractivity contribution in [1.29, 1.82) is 0 Å². The molecule has 0 aliphatic heterocycles. The Labute approximate surface area is 198 Å². The van der Waals surface area contributed by atoms with E-state index in [9.17, 15) is 14.7 Å². The van der Waals surface area contributed by atoms with Crippen LogP contribution >= 0.6 is 0 Å². The van der Waals surface area contributed by atoms with Gasteiger partial charge < -0.3 is 15.2 Å². The number of carboxylic acid groups (broad SMARTS) is 1. The Bertz CT molecular complexity index is 1310. The number of amides is 1. The maximum atomic E-state index is 12.5. The third-order valence-corrected chi connectivity index (χ3v) is 6.53. The van der Waals surface area contributed by atoms with E-state index in [1.807, 2.05) is 66.7 Å². The van der Waals surface area contributed by atoms with Crippen LogP contribution in [0.5, 0.6) is 0 Å². The minimum Gasteiger partial charge on any atom is -0.481 e. The number of nitrogens with one attached hydrogen (secondary N) is 1. The normalized spacial score (nSPS) is 13.2. The Balaban J connectivity index is 1.23. The average Bonchev–Trinajstić information content (AvgIpc) is 3.19. The molecule has 4 aromatic carbocycles. The number of hydrogen-bond acceptors (Lipinski definition) is 3. The maximum Gasteiger partial charge on any atom is 0.407 e. The smallest absolute Gasteiger partial charge is 0.407 e. The largest absolute Gasteiger partial charge is 0.481 e. The van der Waals surface area contributed by atoms with Gasteiger partial charge in [0, 0.05) is 12.5 Å². The first kappa shape index (κ1) is 21.7. The lowest BCUT2D eigenvalue weighted by atomic mass is 9.95. The number of carbonyl (C=O) groups is 2. The molecule has 1 amide bonds. The van der Waals surface area contributed by atoms with Crippen molar-refractivity contribution >= 4 is 22.8 Å². The minimum atomic E-state index is -0.952. The molecule has 170 valence electrons. The van der Waals surface area contributed by atoms with Gasteiger partial charge in [-0.15, -0.1) is 0 Å². The number of aliphatic carboxylic acids is 1. The molecule has 1 aliphatic carbocycles. The number of alkyl carbamates (subject to hydrolysis) is 1. The zero-order chi connectivity index (χ0) is 23.5. The predicted octanol–water partition coefficient (Wildman–Crippen LogP) is 5.62. The second kappa shape index (κ2) is 9.40. The van der Waals surface area contributed by atoms with E-state index in [-0.39, 0.29) is 19.1 Å². The van der Waals surface area contributed by atoms with Crippen LogP contribution in [0.2, 0.25) is 0 Å². The van der Waals surface area contributed by atoms with Crippen molar-refractivity contribution in [2.45, 2.75) is 12.3 Å². The molecule has 0 radical (unpaired) electrons. The maximum absolute atomic E-state index is 12.5. The Hall–Kier alpha value is -4.12. The molecule has 5 heteroatoms. The van der Waals surface area contributed by atoms with Gasteiger partial charge in [0.05, 0.1) is 5.92 Å². The first-order valence-electron chi connectivity index (χ1n) is 11.4. The summed E-state index contributed by atoms with van der Waals surface area (Å²) in [4.78, 5) is 24.4. The number of carboxylic acids is 1. The van der Waals surface area contributed by atoms with Gasteiger partial charge in [0.25, 0.3) is 0 Å². The molecule has 2 N–H and O–H groups in total. The van der Waals surface area contributed by atoms with Crippen molar-refractivity contribution in [3.05, 3.63) is 108 Å². The van der Waals surface area contributed by atoms with Crippen LogP contribution in [0.3, 0.4) is 0 Å². The first-order valence-corrected chi connectivity index (χ1v) is 11.4. The number of rotatable bonds is 7. The number of carbonyl (C=O) groups excluding carboxylic acids is 1. The molecule has 1 atom stereocenters. The standard InChI is InChI=1S/C29H25NO4/c31-28(32)21(16-20-10-7-9-19-8-1-2-11-22(19)20)17-30-29(33)34-18-27-25-14-5-3-12-23(25)24-13-4-6-15-26(24)27/h1-15,21,27H,16-18H2,(H,30,33)(H,31,32)/t21-/m0/s1. The lowest BCUT2D eigenvalue weighted by Crippen LogP contribution is -2.35. The highest BCUT2D eigenvalue weighted by molar-refractivity contribution is 5.86. The van der Waals surface area contributed by atoms with Gasteiger partial charge in [-0.05, 0) is 45.0 Å². The van der Waals surface area contributed by atoms with Gasteiger partial charge in [-0.3, -0.25) is 4.79 Å². The molecular weight excluding hydrogens is 426 g/mol. The van der Waals surface area contributed by atoms with Gasteiger partial charge >= 0.3 is 12.1 Å². The van der Waals surface area contributed by atoms with Crippen LogP contribution in [0.1, 0.15) is 22.6 Å². The number of benzene rings is 4. The summed E-state index contributed by atoms with van der Waals surface area (Å²) in [6.07, 6.45) is -0.286. The Kier molecular flexibility index (Phi) is 6.00. The number of ether oxygens (including phenoxy) is 1. The molecule has 0 spiro atoms. The van der Waals surface area contributed by atoms with Crippen LogP contribution in [-0.4, -0.2) is 30.3 Å². The van der Waals surface area contributed by atoms with Gasteiger partial charge in [-0.25, -0.2) is 4.79 Å². The lowest BCUT2D eigenvalue weighted by Gasteiger charge is -2.17. The van der Waals surface area contributed by atoms with Crippen molar-refractivity contribution in [1.82, 2.24) is 5.32 Å². The van der Waals surface area contributed by atoms with Crippen LogP contribution in [0.25, 0.3) is 21.9 Å². The summed E-state index contributed by atoms with van der Waals surface area (Å²) in [5.41, 5.74) is 5.54. The summed E-state index contributed by atoms with van der Waals surface area (Å²) in [6.45, 7) is 0.191. The fourth-order valence-corrected chi connectivity index (χ4v) is 4.84. The summed E-state index contributed by atoms with van der Waals surface area (Å²) in [5, 5.41) is 14.5. The summed E-state index contributed by atoms with van der Waals surface area (Å²) in [6, 6.07) is 30.0. The van der Waals surface area contributed by atoms with E-state index in [0.717, 1.165) is 38.6 Å². The van der Waals surface area contributed by atoms with Crippen molar-refractivity contribution in [3.63, 3.8) is 0 Å². The van der Waals surface area contributed by atoms with Crippen molar-refractivity contribution in [2.75, 3.05) is 13.2 Å². The molecule has 0 fully saturated rings. The van der Waals surface area contributed by atoms with Crippen molar-refractivity contribution in [3.8, 4) is 11.1 Å². The Morgan fingerprint density at radius 3 is 2.15 bits per heavy atom. The predicted molar refractivity (Wildman–Crippen MR) is 132 cm³/mol. The molecule has 0 unspecified atom stereocenters. The topological polar surface area (TPSA) is 75.6 Å². The highest BCUT2D eigenvalue weighted by Crippen LogP contribution is 2.44. The molecule has 0 aromatic heterocycles. The summed E-state index contributed by atoms with van der Waals surface area (Å²) < 4.78 is 5.55. The number of hydrogen-bond donors (Lipinski definition) is 2. The molecule has 5 nitrogen and oxygen atoms in total. The summed E-state index contributed by atoms with van der Waals surface area (Å²) >= 11 is 0. The Morgan fingerprint density at radius 1 is 0.824 bits per heavy atom. The minimum absolute atomic E-state index is 0.00473. The van der Waals surface area contributed by atoms with Gasteiger partial charge in [0.15, 0.2) is 0 Å². The lowest BCUT2D eigenvalue weighted by molar-refractivity contribution is -0.141. The van der Waals surface area contributed by atoms with E-state index in [2.05, 4.69) is 29.6 Å². The second-order valence-corrected chi connectivity index (χ2v) is 8.58. The number of fused-ring (bicyclic) bond motifs is 4. The van der Waals surface area contributed by atoms with Crippen LogP contribution in [-0.2, 0) is 16.0 Å². The zero-order valence-electron chi connectivity index (χ0n) is 18.6. The van der Waals surface area contributed by atoms with Crippen molar-refractivity contribution < 1.29 is 19.4 Å². The fourth-order valence-electron chi connectivity index (χ4n) is 4.84. The average molecular weight is 452 g/mol. The van der Waals surface area contributed by atoms with Gasteiger partial charge in [-0.1, -0.05) is 91.0 Å². The van der Waals surface area contributed by atoms with Gasteiger partial charge in [-0.2, -0.15) is 0 Å². The third kappa shape index (κ3) is 4.25.